The van der Waals surface area contributed by atoms with Crippen molar-refractivity contribution in [1.82, 2.24) is 0 Å². The van der Waals surface area contributed by atoms with E-state index in [1.54, 1.807) is 6.92 Å². The van der Waals surface area contributed by atoms with Gasteiger partial charge in [-0.05, 0) is 12.8 Å². The molecular formula is C7H14O4S. The summed E-state index contributed by atoms with van der Waals surface area (Å²) in [5, 5.41) is 8.46. The lowest BCUT2D eigenvalue weighted by atomic mass is 10.1. The molecule has 12 heavy (non-hydrogen) atoms. The van der Waals surface area contributed by atoms with Gasteiger partial charge >= 0.3 is 5.97 Å². The Labute approximate surface area is 72.5 Å². The molecule has 0 aromatic heterocycles. The Bertz CT molecular complexity index is 242. The van der Waals surface area contributed by atoms with Gasteiger partial charge in [-0.1, -0.05) is 6.92 Å². The average Bonchev–Trinajstić information content (AvgIpc) is 1.84. The van der Waals surface area contributed by atoms with Crippen molar-refractivity contribution in [2.24, 2.45) is 5.92 Å². The van der Waals surface area contributed by atoms with Gasteiger partial charge in [-0.25, -0.2) is 8.42 Å². The summed E-state index contributed by atoms with van der Waals surface area (Å²) in [6, 6.07) is 0. The number of aliphatic carboxylic acids is 1. The quantitative estimate of drug-likeness (QED) is 0.693. The smallest absolute Gasteiger partial charge is 0.306 e. The van der Waals surface area contributed by atoms with Crippen LogP contribution in [0.4, 0.5) is 0 Å². The fraction of sp³-hybridized carbons (Fsp3) is 0.857. The van der Waals surface area contributed by atoms with Crippen LogP contribution < -0.4 is 0 Å². The molecule has 0 bridgehead atoms. The molecule has 0 aliphatic rings. The van der Waals surface area contributed by atoms with Gasteiger partial charge in [0, 0.05) is 12.0 Å². The van der Waals surface area contributed by atoms with Gasteiger partial charge in [-0.3, -0.25) is 4.79 Å². The molecule has 0 rings (SSSR count). The number of hydrogen-bond acceptors (Lipinski definition) is 3. The summed E-state index contributed by atoms with van der Waals surface area (Å²) in [7, 11) is -2.94. The number of carboxylic acid groups (broad SMARTS) is 1. The Morgan fingerprint density at radius 3 is 2.33 bits per heavy atom. The van der Waals surface area contributed by atoms with Gasteiger partial charge in [0.1, 0.15) is 9.84 Å². The van der Waals surface area contributed by atoms with Gasteiger partial charge in [0.05, 0.1) is 5.92 Å². The highest BCUT2D eigenvalue weighted by Crippen LogP contribution is 2.06. The van der Waals surface area contributed by atoms with Crippen LogP contribution in [-0.2, 0) is 14.6 Å². The number of carboxylic acids is 1. The molecule has 0 fully saturated rings. The lowest BCUT2D eigenvalue weighted by Gasteiger charge is -2.03. The van der Waals surface area contributed by atoms with Crippen LogP contribution in [0.1, 0.15) is 19.8 Å². The van der Waals surface area contributed by atoms with Crippen molar-refractivity contribution >= 4 is 15.8 Å². The SMILES string of the molecule is CC(CCCS(C)(=O)=O)C(=O)O. The Morgan fingerprint density at radius 1 is 1.50 bits per heavy atom. The van der Waals surface area contributed by atoms with Crippen LogP contribution in [-0.4, -0.2) is 31.5 Å². The Balaban J connectivity index is 3.65. The Hall–Kier alpha value is -0.580. The van der Waals surface area contributed by atoms with E-state index in [4.69, 9.17) is 5.11 Å². The van der Waals surface area contributed by atoms with Crippen molar-refractivity contribution in [2.75, 3.05) is 12.0 Å². The molecular weight excluding hydrogens is 180 g/mol. The minimum atomic E-state index is -2.94. The lowest BCUT2D eigenvalue weighted by Crippen LogP contribution is -2.11. The van der Waals surface area contributed by atoms with E-state index in [1.165, 1.54) is 0 Å². The van der Waals surface area contributed by atoms with Gasteiger partial charge in [0.25, 0.3) is 0 Å². The molecule has 0 aromatic rings. The van der Waals surface area contributed by atoms with E-state index >= 15 is 0 Å². The fourth-order valence-corrected chi connectivity index (χ4v) is 1.47. The van der Waals surface area contributed by atoms with E-state index in [-0.39, 0.29) is 5.75 Å². The highest BCUT2D eigenvalue weighted by Gasteiger charge is 2.11. The molecule has 0 heterocycles. The van der Waals surface area contributed by atoms with Crippen molar-refractivity contribution < 1.29 is 18.3 Å². The largest absolute Gasteiger partial charge is 0.481 e. The summed E-state index contributed by atoms with van der Waals surface area (Å²) < 4.78 is 21.3. The maximum atomic E-state index is 10.6. The lowest BCUT2D eigenvalue weighted by molar-refractivity contribution is -0.141. The highest BCUT2D eigenvalue weighted by atomic mass is 32.2. The zero-order chi connectivity index (χ0) is 9.78. The normalized spacial score (nSPS) is 14.2. The van der Waals surface area contributed by atoms with Gasteiger partial charge in [0.2, 0.25) is 0 Å². The molecule has 0 spiro atoms. The van der Waals surface area contributed by atoms with Gasteiger partial charge in [0.15, 0.2) is 0 Å². The molecule has 0 aromatic carbocycles. The summed E-state index contributed by atoms with van der Waals surface area (Å²) in [4.78, 5) is 10.3. The minimum Gasteiger partial charge on any atom is -0.481 e. The standard InChI is InChI=1S/C7H14O4S/c1-6(7(8)9)4-3-5-12(2,10)11/h6H,3-5H2,1-2H3,(H,8,9). The van der Waals surface area contributed by atoms with E-state index in [0.717, 1.165) is 6.26 Å². The molecule has 0 radical (unpaired) electrons. The van der Waals surface area contributed by atoms with Crippen molar-refractivity contribution in [3.63, 3.8) is 0 Å². The maximum absolute atomic E-state index is 10.6. The van der Waals surface area contributed by atoms with E-state index in [2.05, 4.69) is 0 Å². The monoisotopic (exact) mass is 194 g/mol. The first kappa shape index (κ1) is 11.4. The van der Waals surface area contributed by atoms with Crippen molar-refractivity contribution in [3.05, 3.63) is 0 Å². The van der Waals surface area contributed by atoms with Crippen LogP contribution in [0, 0.1) is 5.92 Å². The molecule has 0 aliphatic carbocycles. The van der Waals surface area contributed by atoms with Crippen molar-refractivity contribution in [3.8, 4) is 0 Å². The summed E-state index contributed by atoms with van der Waals surface area (Å²) in [5.41, 5.74) is 0. The molecule has 0 saturated heterocycles. The first-order valence-corrected chi connectivity index (χ1v) is 5.79. The Morgan fingerprint density at radius 2 is 2.00 bits per heavy atom. The molecule has 1 unspecified atom stereocenters. The predicted molar refractivity (Wildman–Crippen MR) is 45.7 cm³/mol. The number of rotatable bonds is 5. The van der Waals surface area contributed by atoms with E-state index in [1.807, 2.05) is 0 Å². The molecule has 1 N–H and O–H groups in total. The number of carbonyl (C=O) groups is 1. The van der Waals surface area contributed by atoms with E-state index in [9.17, 15) is 13.2 Å². The zero-order valence-corrected chi connectivity index (χ0v) is 8.10. The number of hydrogen-bond donors (Lipinski definition) is 1. The third-order valence-electron chi connectivity index (χ3n) is 1.57. The molecule has 4 nitrogen and oxygen atoms in total. The number of sulfone groups is 1. The summed E-state index contributed by atoms with van der Waals surface area (Å²) in [6.45, 7) is 1.57. The third kappa shape index (κ3) is 6.15. The van der Waals surface area contributed by atoms with Crippen LogP contribution in [0.5, 0.6) is 0 Å². The molecule has 0 saturated carbocycles. The Kier molecular flexibility index (Phi) is 4.23. The second-order valence-electron chi connectivity index (χ2n) is 3.01. The van der Waals surface area contributed by atoms with E-state index < -0.39 is 21.7 Å². The van der Waals surface area contributed by atoms with Crippen LogP contribution in [0.25, 0.3) is 0 Å². The molecule has 5 heteroatoms. The van der Waals surface area contributed by atoms with Crippen LogP contribution in [0.3, 0.4) is 0 Å². The van der Waals surface area contributed by atoms with Gasteiger partial charge < -0.3 is 5.11 Å². The first-order valence-electron chi connectivity index (χ1n) is 3.73. The second kappa shape index (κ2) is 4.45. The van der Waals surface area contributed by atoms with E-state index in [0.29, 0.717) is 12.8 Å². The van der Waals surface area contributed by atoms with Gasteiger partial charge in [-0.2, -0.15) is 0 Å². The maximum Gasteiger partial charge on any atom is 0.306 e. The molecule has 0 aliphatic heterocycles. The summed E-state index contributed by atoms with van der Waals surface area (Å²) >= 11 is 0. The molecule has 0 amide bonds. The van der Waals surface area contributed by atoms with Crippen LogP contribution >= 0.6 is 0 Å². The summed E-state index contributed by atoms with van der Waals surface area (Å²) in [5.74, 6) is -1.25. The fourth-order valence-electron chi connectivity index (χ4n) is 0.775. The van der Waals surface area contributed by atoms with Crippen molar-refractivity contribution in [2.45, 2.75) is 19.8 Å². The third-order valence-corrected chi connectivity index (χ3v) is 2.60. The minimum absolute atomic E-state index is 0.0740. The zero-order valence-electron chi connectivity index (χ0n) is 7.28. The first-order chi connectivity index (χ1) is 5.33. The van der Waals surface area contributed by atoms with Crippen LogP contribution in [0.2, 0.25) is 0 Å². The molecule has 72 valence electrons. The predicted octanol–water partition coefficient (Wildman–Crippen LogP) is 0.532. The van der Waals surface area contributed by atoms with Gasteiger partial charge in [-0.15, -0.1) is 0 Å². The van der Waals surface area contributed by atoms with Crippen molar-refractivity contribution in [1.29, 1.82) is 0 Å². The second-order valence-corrected chi connectivity index (χ2v) is 5.27. The topological polar surface area (TPSA) is 71.4 Å². The highest BCUT2D eigenvalue weighted by molar-refractivity contribution is 7.90. The molecule has 1 atom stereocenters. The van der Waals surface area contributed by atoms with Crippen LogP contribution in [0.15, 0.2) is 0 Å². The average molecular weight is 194 g/mol. The summed E-state index contributed by atoms with van der Waals surface area (Å²) in [6.07, 6.45) is 1.99.